The molecule has 0 bridgehead atoms. The van der Waals surface area contributed by atoms with Crippen LogP contribution in [-0.2, 0) is 16.4 Å². The molecule has 3 N–H and O–H groups in total. The SMILES string of the molecule is CC(Cc1ccccc1)NS(=O)(=O)c1cc(N)cc(F)c1. The molecule has 0 saturated heterocycles. The van der Waals surface area contributed by atoms with E-state index >= 15 is 0 Å². The summed E-state index contributed by atoms with van der Waals surface area (Å²) in [6.45, 7) is 1.76. The summed E-state index contributed by atoms with van der Waals surface area (Å²) in [7, 11) is -3.79. The zero-order chi connectivity index (χ0) is 15.5. The van der Waals surface area contributed by atoms with E-state index in [1.54, 1.807) is 6.92 Å². The van der Waals surface area contributed by atoms with Crippen molar-refractivity contribution in [3.8, 4) is 0 Å². The molecule has 0 spiro atoms. The topological polar surface area (TPSA) is 72.2 Å². The maximum Gasteiger partial charge on any atom is 0.240 e. The highest BCUT2D eigenvalue weighted by molar-refractivity contribution is 7.89. The fraction of sp³-hybridized carbons (Fsp3) is 0.200. The molecular weight excluding hydrogens is 291 g/mol. The largest absolute Gasteiger partial charge is 0.399 e. The lowest BCUT2D eigenvalue weighted by Crippen LogP contribution is -2.34. The normalized spacial score (nSPS) is 13.0. The molecule has 4 nitrogen and oxygen atoms in total. The fourth-order valence-corrected chi connectivity index (χ4v) is 3.39. The van der Waals surface area contributed by atoms with Crippen LogP contribution < -0.4 is 10.5 Å². The Balaban J connectivity index is 2.13. The van der Waals surface area contributed by atoms with Crippen LogP contribution in [0.4, 0.5) is 10.1 Å². The average Bonchev–Trinajstić information content (AvgIpc) is 2.37. The molecule has 1 atom stereocenters. The Morgan fingerprint density at radius 1 is 1.19 bits per heavy atom. The van der Waals surface area contributed by atoms with Gasteiger partial charge in [0, 0.05) is 11.7 Å². The second kappa shape index (κ2) is 6.24. The van der Waals surface area contributed by atoms with Gasteiger partial charge in [0.15, 0.2) is 0 Å². The molecule has 0 radical (unpaired) electrons. The minimum Gasteiger partial charge on any atom is -0.399 e. The summed E-state index contributed by atoms with van der Waals surface area (Å²) in [5, 5.41) is 0. The molecule has 0 aliphatic carbocycles. The number of hydrogen-bond acceptors (Lipinski definition) is 3. The predicted molar refractivity (Wildman–Crippen MR) is 80.7 cm³/mol. The zero-order valence-electron chi connectivity index (χ0n) is 11.6. The van der Waals surface area contributed by atoms with E-state index in [-0.39, 0.29) is 16.6 Å². The molecule has 2 aromatic rings. The van der Waals surface area contributed by atoms with Crippen LogP contribution in [0, 0.1) is 5.82 Å². The number of halogens is 1. The van der Waals surface area contributed by atoms with Gasteiger partial charge in [-0.3, -0.25) is 0 Å². The predicted octanol–water partition coefficient (Wildman–Crippen LogP) is 2.32. The van der Waals surface area contributed by atoms with Gasteiger partial charge >= 0.3 is 0 Å². The summed E-state index contributed by atoms with van der Waals surface area (Å²) in [5.41, 5.74) is 6.57. The third-order valence-electron chi connectivity index (χ3n) is 2.94. The Hall–Kier alpha value is -1.92. The van der Waals surface area contributed by atoms with Crippen LogP contribution in [0.2, 0.25) is 0 Å². The highest BCUT2D eigenvalue weighted by Crippen LogP contribution is 2.16. The van der Waals surface area contributed by atoms with Gasteiger partial charge in [-0.25, -0.2) is 17.5 Å². The van der Waals surface area contributed by atoms with Crippen LogP contribution >= 0.6 is 0 Å². The van der Waals surface area contributed by atoms with Gasteiger partial charge in [-0.2, -0.15) is 0 Å². The number of benzene rings is 2. The first kappa shape index (κ1) is 15.5. The van der Waals surface area contributed by atoms with Crippen LogP contribution in [0.5, 0.6) is 0 Å². The molecule has 0 heterocycles. The highest BCUT2D eigenvalue weighted by Gasteiger charge is 2.18. The quantitative estimate of drug-likeness (QED) is 0.833. The van der Waals surface area contributed by atoms with E-state index in [2.05, 4.69) is 4.72 Å². The van der Waals surface area contributed by atoms with Gasteiger partial charge in [0.05, 0.1) is 4.90 Å². The van der Waals surface area contributed by atoms with Gasteiger partial charge in [-0.15, -0.1) is 0 Å². The zero-order valence-corrected chi connectivity index (χ0v) is 12.4. The lowest BCUT2D eigenvalue weighted by molar-refractivity contribution is 0.557. The van der Waals surface area contributed by atoms with Gasteiger partial charge in [-0.05, 0) is 37.1 Å². The van der Waals surface area contributed by atoms with Crippen molar-refractivity contribution in [2.75, 3.05) is 5.73 Å². The first-order chi connectivity index (χ1) is 9.87. The Bertz CT molecular complexity index is 697. The summed E-state index contributed by atoms with van der Waals surface area (Å²) in [6, 6.07) is 12.5. The molecule has 0 aromatic heterocycles. The minimum absolute atomic E-state index is 0.0751. The second-order valence-corrected chi connectivity index (χ2v) is 6.65. The van der Waals surface area contributed by atoms with E-state index in [9.17, 15) is 12.8 Å². The molecule has 0 aliphatic heterocycles. The van der Waals surface area contributed by atoms with E-state index in [0.717, 1.165) is 17.7 Å². The third-order valence-corrected chi connectivity index (χ3v) is 4.51. The number of rotatable bonds is 5. The Morgan fingerprint density at radius 3 is 2.48 bits per heavy atom. The van der Waals surface area contributed by atoms with E-state index in [1.165, 1.54) is 6.07 Å². The van der Waals surface area contributed by atoms with Crippen LogP contribution in [-0.4, -0.2) is 14.5 Å². The minimum atomic E-state index is -3.79. The average molecular weight is 308 g/mol. The highest BCUT2D eigenvalue weighted by atomic mass is 32.2. The molecule has 0 aliphatic rings. The van der Waals surface area contributed by atoms with E-state index in [1.807, 2.05) is 30.3 Å². The van der Waals surface area contributed by atoms with Crippen molar-refractivity contribution in [1.29, 1.82) is 0 Å². The van der Waals surface area contributed by atoms with Gasteiger partial charge in [0.2, 0.25) is 10.0 Å². The lowest BCUT2D eigenvalue weighted by Gasteiger charge is -2.14. The lowest BCUT2D eigenvalue weighted by atomic mass is 10.1. The molecule has 2 aromatic carbocycles. The summed E-state index contributed by atoms with van der Waals surface area (Å²) in [4.78, 5) is -0.167. The van der Waals surface area contributed by atoms with Crippen molar-refractivity contribution in [2.24, 2.45) is 0 Å². The molecule has 0 fully saturated rings. The molecule has 1 unspecified atom stereocenters. The number of sulfonamides is 1. The van der Waals surface area contributed by atoms with Crippen LogP contribution in [0.15, 0.2) is 53.4 Å². The van der Waals surface area contributed by atoms with Crippen LogP contribution in [0.3, 0.4) is 0 Å². The van der Waals surface area contributed by atoms with E-state index in [4.69, 9.17) is 5.73 Å². The monoisotopic (exact) mass is 308 g/mol. The van der Waals surface area contributed by atoms with Crippen LogP contribution in [0.1, 0.15) is 12.5 Å². The van der Waals surface area contributed by atoms with Gasteiger partial charge in [0.25, 0.3) is 0 Å². The Morgan fingerprint density at radius 2 is 1.86 bits per heavy atom. The maximum atomic E-state index is 13.3. The van der Waals surface area contributed by atoms with Crippen molar-refractivity contribution in [3.63, 3.8) is 0 Å². The van der Waals surface area contributed by atoms with Crippen LogP contribution in [0.25, 0.3) is 0 Å². The first-order valence-corrected chi connectivity index (χ1v) is 7.97. The number of hydrogen-bond donors (Lipinski definition) is 2. The third kappa shape index (κ3) is 4.27. The summed E-state index contributed by atoms with van der Waals surface area (Å²) in [5.74, 6) is -0.675. The first-order valence-electron chi connectivity index (χ1n) is 6.49. The molecule has 0 amide bonds. The molecule has 0 saturated carbocycles. The summed E-state index contributed by atoms with van der Waals surface area (Å²) in [6.07, 6.45) is 0.546. The second-order valence-electron chi connectivity index (χ2n) is 4.93. The van der Waals surface area contributed by atoms with Gasteiger partial charge in [0.1, 0.15) is 5.82 Å². The van der Waals surface area contributed by atoms with Gasteiger partial charge in [-0.1, -0.05) is 30.3 Å². The standard InChI is InChI=1S/C15H17FN2O2S/c1-11(7-12-5-3-2-4-6-12)18-21(19,20)15-9-13(16)8-14(17)10-15/h2-6,8-11,18H,7,17H2,1H3. The van der Waals surface area contributed by atoms with Crippen molar-refractivity contribution < 1.29 is 12.8 Å². The Labute approximate surface area is 123 Å². The Kier molecular flexibility index (Phi) is 4.59. The number of nitrogens with two attached hydrogens (primary N) is 1. The smallest absolute Gasteiger partial charge is 0.240 e. The molecule has 21 heavy (non-hydrogen) atoms. The van der Waals surface area contributed by atoms with Crippen molar-refractivity contribution in [1.82, 2.24) is 4.72 Å². The number of nitrogen functional groups attached to an aromatic ring is 1. The van der Waals surface area contributed by atoms with E-state index in [0.29, 0.717) is 6.42 Å². The van der Waals surface area contributed by atoms with E-state index < -0.39 is 15.8 Å². The van der Waals surface area contributed by atoms with Crippen molar-refractivity contribution in [3.05, 3.63) is 59.9 Å². The molecule has 6 heteroatoms. The molecule has 112 valence electrons. The molecule has 2 rings (SSSR count). The van der Waals surface area contributed by atoms with Gasteiger partial charge < -0.3 is 5.73 Å². The number of anilines is 1. The summed E-state index contributed by atoms with van der Waals surface area (Å²) < 4.78 is 40.2. The maximum absolute atomic E-state index is 13.3. The number of nitrogens with one attached hydrogen (secondary N) is 1. The summed E-state index contributed by atoms with van der Waals surface area (Å²) >= 11 is 0. The molecular formula is C15H17FN2O2S. The van der Waals surface area contributed by atoms with Crippen molar-refractivity contribution >= 4 is 15.7 Å². The van der Waals surface area contributed by atoms with Crippen molar-refractivity contribution in [2.45, 2.75) is 24.3 Å². The fourth-order valence-electron chi connectivity index (χ4n) is 2.08.